The molecule has 3 rings (SSSR count). The first kappa shape index (κ1) is 18.8. The van der Waals surface area contributed by atoms with Crippen molar-refractivity contribution in [2.75, 3.05) is 0 Å². The van der Waals surface area contributed by atoms with E-state index in [1.54, 1.807) is 31.2 Å². The van der Waals surface area contributed by atoms with E-state index in [0.29, 0.717) is 10.8 Å². The third kappa shape index (κ3) is 4.59. The van der Waals surface area contributed by atoms with Crippen molar-refractivity contribution < 1.29 is 9.53 Å². The Kier molecular flexibility index (Phi) is 6.20. The molecule has 4 heteroatoms. The summed E-state index contributed by atoms with van der Waals surface area (Å²) in [4.78, 5) is 12.6. The molecule has 0 unspecified atom stereocenters. The highest BCUT2D eigenvalue weighted by Gasteiger charge is 2.20. The van der Waals surface area contributed by atoms with Gasteiger partial charge in [-0.2, -0.15) is 0 Å². The molecule has 2 aromatic rings. The van der Waals surface area contributed by atoms with Crippen molar-refractivity contribution in [1.82, 2.24) is 5.32 Å². The lowest BCUT2D eigenvalue weighted by Gasteiger charge is -2.23. The number of carbonyl (C=O) groups excluding carboxylic acids is 1. The summed E-state index contributed by atoms with van der Waals surface area (Å²) in [5.41, 5.74) is 4.08. The second kappa shape index (κ2) is 8.59. The number of rotatable bonds is 6. The fraction of sp³-hybridized carbons (Fsp3) is 0.409. The summed E-state index contributed by atoms with van der Waals surface area (Å²) in [6.45, 7) is 3.86. The van der Waals surface area contributed by atoms with Gasteiger partial charge in [-0.15, -0.1) is 0 Å². The van der Waals surface area contributed by atoms with Crippen LogP contribution in [0.2, 0.25) is 5.02 Å². The lowest BCUT2D eigenvalue weighted by molar-refractivity contribution is -0.128. The van der Waals surface area contributed by atoms with Crippen LogP contribution in [-0.2, 0) is 17.6 Å². The Morgan fingerprint density at radius 3 is 2.50 bits per heavy atom. The van der Waals surface area contributed by atoms with Crippen LogP contribution in [0.3, 0.4) is 0 Å². The monoisotopic (exact) mass is 371 g/mol. The van der Waals surface area contributed by atoms with Crippen molar-refractivity contribution in [3.63, 3.8) is 0 Å². The third-order valence-corrected chi connectivity index (χ3v) is 5.25. The molecule has 0 heterocycles. The number of hydrogen-bond acceptors (Lipinski definition) is 2. The molecule has 1 N–H and O–H groups in total. The minimum absolute atomic E-state index is 0.00555. The molecule has 26 heavy (non-hydrogen) atoms. The third-order valence-electron chi connectivity index (χ3n) is 5.00. The van der Waals surface area contributed by atoms with E-state index in [4.69, 9.17) is 16.3 Å². The highest BCUT2D eigenvalue weighted by molar-refractivity contribution is 6.30. The van der Waals surface area contributed by atoms with Crippen LogP contribution in [0.4, 0.5) is 0 Å². The topological polar surface area (TPSA) is 38.3 Å². The zero-order valence-corrected chi connectivity index (χ0v) is 16.2. The van der Waals surface area contributed by atoms with Crippen molar-refractivity contribution in [2.24, 2.45) is 0 Å². The zero-order valence-electron chi connectivity index (χ0n) is 15.4. The molecule has 0 aromatic heterocycles. The number of amides is 1. The minimum atomic E-state index is -0.567. The van der Waals surface area contributed by atoms with Gasteiger partial charge >= 0.3 is 0 Å². The van der Waals surface area contributed by atoms with Gasteiger partial charge in [0.25, 0.3) is 5.91 Å². The van der Waals surface area contributed by atoms with E-state index in [2.05, 4.69) is 30.4 Å². The van der Waals surface area contributed by atoms with Gasteiger partial charge in [0, 0.05) is 5.02 Å². The SMILES string of the molecule is CC[C@H](NC(=O)[C@H](C)Oc1ccc(Cl)cc1)c1ccc2c(c1)CCCC2. The Morgan fingerprint density at radius 2 is 1.81 bits per heavy atom. The van der Waals surface area contributed by atoms with E-state index in [1.807, 2.05) is 0 Å². The summed E-state index contributed by atoms with van der Waals surface area (Å²) in [5, 5.41) is 3.78. The fourth-order valence-corrected chi connectivity index (χ4v) is 3.58. The number of halogens is 1. The summed E-state index contributed by atoms with van der Waals surface area (Å²) in [5.74, 6) is 0.531. The molecule has 0 spiro atoms. The molecule has 0 bridgehead atoms. The van der Waals surface area contributed by atoms with Crippen LogP contribution >= 0.6 is 11.6 Å². The maximum absolute atomic E-state index is 12.6. The molecule has 0 fully saturated rings. The number of fused-ring (bicyclic) bond motifs is 1. The predicted molar refractivity (Wildman–Crippen MR) is 106 cm³/mol. The summed E-state index contributed by atoms with van der Waals surface area (Å²) in [7, 11) is 0. The van der Waals surface area contributed by atoms with Crippen LogP contribution in [-0.4, -0.2) is 12.0 Å². The van der Waals surface area contributed by atoms with E-state index in [1.165, 1.54) is 36.0 Å². The molecule has 2 aromatic carbocycles. The number of carbonyl (C=O) groups is 1. The van der Waals surface area contributed by atoms with Crippen LogP contribution in [0.15, 0.2) is 42.5 Å². The fourth-order valence-electron chi connectivity index (χ4n) is 3.45. The van der Waals surface area contributed by atoms with E-state index < -0.39 is 6.10 Å². The van der Waals surface area contributed by atoms with Gasteiger partial charge < -0.3 is 10.1 Å². The molecule has 1 aliphatic carbocycles. The maximum Gasteiger partial charge on any atom is 0.261 e. The molecule has 0 saturated carbocycles. The molecule has 0 radical (unpaired) electrons. The van der Waals surface area contributed by atoms with Gasteiger partial charge in [-0.3, -0.25) is 4.79 Å². The van der Waals surface area contributed by atoms with Gasteiger partial charge in [-0.1, -0.05) is 36.7 Å². The molecule has 0 aliphatic heterocycles. The van der Waals surface area contributed by atoms with Crippen molar-refractivity contribution >= 4 is 17.5 Å². The number of benzene rings is 2. The van der Waals surface area contributed by atoms with Gasteiger partial charge in [0.15, 0.2) is 6.10 Å². The first-order valence-electron chi connectivity index (χ1n) is 9.41. The molecule has 0 saturated heterocycles. The van der Waals surface area contributed by atoms with E-state index in [-0.39, 0.29) is 11.9 Å². The molecular formula is C22H26ClNO2. The van der Waals surface area contributed by atoms with Crippen LogP contribution in [0.25, 0.3) is 0 Å². The molecular weight excluding hydrogens is 346 g/mol. The maximum atomic E-state index is 12.6. The van der Waals surface area contributed by atoms with Gasteiger partial charge in [0.2, 0.25) is 0 Å². The van der Waals surface area contributed by atoms with Crippen LogP contribution in [0.1, 0.15) is 55.8 Å². The van der Waals surface area contributed by atoms with Crippen LogP contribution in [0.5, 0.6) is 5.75 Å². The number of hydrogen-bond donors (Lipinski definition) is 1. The second-order valence-electron chi connectivity index (χ2n) is 6.92. The Hall–Kier alpha value is -2.00. The molecule has 1 amide bonds. The first-order valence-corrected chi connectivity index (χ1v) is 9.79. The average Bonchev–Trinajstić information content (AvgIpc) is 2.67. The minimum Gasteiger partial charge on any atom is -0.481 e. The Balaban J connectivity index is 1.65. The lowest BCUT2D eigenvalue weighted by atomic mass is 9.89. The summed E-state index contributed by atoms with van der Waals surface area (Å²) in [6.07, 6.45) is 5.13. The number of nitrogens with one attached hydrogen (secondary N) is 1. The van der Waals surface area contributed by atoms with Crippen molar-refractivity contribution in [1.29, 1.82) is 0 Å². The second-order valence-corrected chi connectivity index (χ2v) is 7.36. The van der Waals surface area contributed by atoms with Crippen molar-refractivity contribution in [3.05, 3.63) is 64.2 Å². The smallest absolute Gasteiger partial charge is 0.261 e. The van der Waals surface area contributed by atoms with Gasteiger partial charge in [0.1, 0.15) is 5.75 Å². The van der Waals surface area contributed by atoms with Crippen molar-refractivity contribution in [3.8, 4) is 5.75 Å². The Morgan fingerprint density at radius 1 is 1.12 bits per heavy atom. The largest absolute Gasteiger partial charge is 0.481 e. The molecule has 1 aliphatic rings. The quantitative estimate of drug-likeness (QED) is 0.752. The van der Waals surface area contributed by atoms with Crippen LogP contribution < -0.4 is 10.1 Å². The summed E-state index contributed by atoms with van der Waals surface area (Å²) in [6, 6.07) is 13.7. The zero-order chi connectivity index (χ0) is 18.5. The van der Waals surface area contributed by atoms with Crippen molar-refractivity contribution in [2.45, 2.75) is 58.1 Å². The number of ether oxygens (including phenoxy) is 1. The standard InChI is InChI=1S/C22H26ClNO2/c1-3-21(18-9-8-16-6-4-5-7-17(16)14-18)24-22(25)15(2)26-20-12-10-19(23)11-13-20/h8-15,21H,3-7H2,1-2H3,(H,24,25)/t15-,21-/m0/s1. The summed E-state index contributed by atoms with van der Waals surface area (Å²) < 4.78 is 5.73. The van der Waals surface area contributed by atoms with E-state index >= 15 is 0 Å². The highest BCUT2D eigenvalue weighted by atomic mass is 35.5. The number of aryl methyl sites for hydroxylation is 2. The molecule has 3 nitrogen and oxygen atoms in total. The lowest BCUT2D eigenvalue weighted by Crippen LogP contribution is -2.38. The van der Waals surface area contributed by atoms with Gasteiger partial charge in [-0.25, -0.2) is 0 Å². The molecule has 2 atom stereocenters. The van der Waals surface area contributed by atoms with Gasteiger partial charge in [0.05, 0.1) is 6.04 Å². The van der Waals surface area contributed by atoms with E-state index in [0.717, 1.165) is 12.8 Å². The average molecular weight is 372 g/mol. The van der Waals surface area contributed by atoms with Gasteiger partial charge in [-0.05, 0) is 80.0 Å². The summed E-state index contributed by atoms with van der Waals surface area (Å²) >= 11 is 5.88. The Bertz CT molecular complexity index is 757. The molecule has 138 valence electrons. The highest BCUT2D eigenvalue weighted by Crippen LogP contribution is 2.26. The normalized spacial score (nSPS) is 15.7. The first-order chi connectivity index (χ1) is 12.6. The predicted octanol–water partition coefficient (Wildman–Crippen LogP) is 5.25. The Labute approximate surface area is 160 Å². The van der Waals surface area contributed by atoms with Crippen LogP contribution in [0, 0.1) is 0 Å². The van der Waals surface area contributed by atoms with E-state index in [9.17, 15) is 4.79 Å².